The fraction of sp³-hybridized carbons (Fsp3) is 0.560. The first-order valence-corrected chi connectivity index (χ1v) is 11.3. The fourth-order valence-electron chi connectivity index (χ4n) is 5.54. The van der Waals surface area contributed by atoms with Crippen LogP contribution in [0.2, 0.25) is 0 Å². The lowest BCUT2D eigenvalue weighted by Crippen LogP contribution is -2.35. The van der Waals surface area contributed by atoms with E-state index in [1.165, 1.54) is 76.0 Å². The first-order valence-electron chi connectivity index (χ1n) is 11.3. The summed E-state index contributed by atoms with van der Waals surface area (Å²) in [6.45, 7) is 6.19. The Morgan fingerprint density at radius 3 is 2.46 bits per heavy atom. The van der Waals surface area contributed by atoms with E-state index in [1.807, 2.05) is 12.3 Å². The van der Waals surface area contributed by atoms with Crippen molar-refractivity contribution in [3.63, 3.8) is 0 Å². The average molecular weight is 376 g/mol. The lowest BCUT2D eigenvalue weighted by Gasteiger charge is -2.39. The number of likely N-dealkylation sites (tertiary alicyclic amines) is 2. The van der Waals surface area contributed by atoms with Gasteiger partial charge in [0.15, 0.2) is 0 Å². The van der Waals surface area contributed by atoms with Gasteiger partial charge in [-0.1, -0.05) is 30.3 Å². The topological polar surface area (TPSA) is 19.4 Å². The Bertz CT molecular complexity index is 745. The van der Waals surface area contributed by atoms with Gasteiger partial charge in [-0.3, -0.25) is 14.8 Å². The molecule has 1 atom stereocenters. The summed E-state index contributed by atoms with van der Waals surface area (Å²) < 4.78 is 0. The van der Waals surface area contributed by atoms with Crippen LogP contribution in [0.4, 0.5) is 0 Å². The van der Waals surface area contributed by atoms with Crippen LogP contribution < -0.4 is 0 Å². The predicted octanol–water partition coefficient (Wildman–Crippen LogP) is 5.01. The second-order valence-electron chi connectivity index (χ2n) is 9.17. The Kier molecular flexibility index (Phi) is 5.46. The number of hydrogen-bond acceptors (Lipinski definition) is 3. The molecule has 1 unspecified atom stereocenters. The smallest absolute Gasteiger partial charge is 0.0575 e. The van der Waals surface area contributed by atoms with E-state index >= 15 is 0 Å². The second kappa shape index (κ2) is 8.34. The first kappa shape index (κ1) is 18.3. The van der Waals surface area contributed by atoms with Gasteiger partial charge in [-0.2, -0.15) is 0 Å². The minimum atomic E-state index is 0.546. The van der Waals surface area contributed by atoms with Crippen LogP contribution in [0.5, 0.6) is 0 Å². The van der Waals surface area contributed by atoms with Crippen LogP contribution in [0, 0.1) is 5.92 Å². The maximum Gasteiger partial charge on any atom is 0.0575 e. The Morgan fingerprint density at radius 2 is 1.71 bits per heavy atom. The number of pyridine rings is 1. The molecule has 28 heavy (non-hydrogen) atoms. The van der Waals surface area contributed by atoms with Crippen LogP contribution >= 0.6 is 0 Å². The molecule has 3 fully saturated rings. The van der Waals surface area contributed by atoms with Crippen LogP contribution in [-0.4, -0.2) is 41.0 Å². The summed E-state index contributed by atoms with van der Waals surface area (Å²) in [5, 5.41) is 0. The van der Waals surface area contributed by atoms with Gasteiger partial charge in [0, 0.05) is 19.3 Å². The minimum Gasteiger partial charge on any atom is -0.299 e. The van der Waals surface area contributed by atoms with Gasteiger partial charge in [-0.05, 0) is 93.3 Å². The summed E-state index contributed by atoms with van der Waals surface area (Å²) in [6.07, 6.45) is 9.99. The SMILES string of the molecule is c1ccc(C2CCCN2C[C@H]2C[C@H](c3ccc(CN4CCCC4)cc3)C2)nc1. The highest BCUT2D eigenvalue weighted by atomic mass is 15.2. The molecule has 0 bridgehead atoms. The molecule has 3 nitrogen and oxygen atoms in total. The molecule has 1 saturated carbocycles. The standard InChI is InChI=1S/C25H33N3/c1-2-12-26-24(6-1)25-7-5-15-28(25)19-21-16-23(17-21)22-10-8-20(9-11-22)18-27-13-3-4-14-27/h1-2,6,8-12,21,23,25H,3-5,7,13-19H2/t21-,23-,25?. The molecule has 5 rings (SSSR count). The number of nitrogens with zero attached hydrogens (tertiary/aromatic N) is 3. The minimum absolute atomic E-state index is 0.546. The van der Waals surface area contributed by atoms with Gasteiger partial charge in [-0.25, -0.2) is 0 Å². The molecule has 3 aliphatic rings. The molecule has 0 amide bonds. The van der Waals surface area contributed by atoms with E-state index in [0.717, 1.165) is 18.4 Å². The summed E-state index contributed by atoms with van der Waals surface area (Å²) >= 11 is 0. The molecule has 0 radical (unpaired) electrons. The van der Waals surface area contributed by atoms with Crippen molar-refractivity contribution in [2.75, 3.05) is 26.2 Å². The number of aromatic nitrogens is 1. The number of hydrogen-bond donors (Lipinski definition) is 0. The van der Waals surface area contributed by atoms with Crippen LogP contribution in [0.1, 0.15) is 67.3 Å². The summed E-state index contributed by atoms with van der Waals surface area (Å²) in [5.74, 6) is 1.64. The molecular weight excluding hydrogens is 342 g/mol. The van der Waals surface area contributed by atoms with E-state index in [0.29, 0.717) is 6.04 Å². The molecule has 1 aliphatic carbocycles. The normalized spacial score (nSPS) is 28.5. The van der Waals surface area contributed by atoms with E-state index in [-0.39, 0.29) is 0 Å². The van der Waals surface area contributed by atoms with E-state index in [4.69, 9.17) is 0 Å². The maximum atomic E-state index is 4.62. The Morgan fingerprint density at radius 1 is 0.893 bits per heavy atom. The van der Waals surface area contributed by atoms with Gasteiger partial charge < -0.3 is 0 Å². The third kappa shape index (κ3) is 4.01. The molecule has 148 valence electrons. The monoisotopic (exact) mass is 375 g/mol. The van der Waals surface area contributed by atoms with E-state index < -0.39 is 0 Å². The average Bonchev–Trinajstić information content (AvgIpc) is 3.38. The summed E-state index contributed by atoms with van der Waals surface area (Å²) in [4.78, 5) is 9.91. The van der Waals surface area contributed by atoms with Crippen molar-refractivity contribution in [2.24, 2.45) is 5.92 Å². The third-order valence-corrected chi connectivity index (χ3v) is 7.18. The molecular formula is C25H33N3. The number of rotatable bonds is 6. The van der Waals surface area contributed by atoms with Crippen LogP contribution in [0.25, 0.3) is 0 Å². The maximum absolute atomic E-state index is 4.62. The molecule has 1 aromatic heterocycles. The lowest BCUT2D eigenvalue weighted by atomic mass is 9.71. The van der Waals surface area contributed by atoms with E-state index in [1.54, 1.807) is 5.56 Å². The Balaban J connectivity index is 1.12. The zero-order valence-corrected chi connectivity index (χ0v) is 17.0. The largest absolute Gasteiger partial charge is 0.299 e. The third-order valence-electron chi connectivity index (χ3n) is 7.18. The van der Waals surface area contributed by atoms with Gasteiger partial charge in [-0.15, -0.1) is 0 Å². The van der Waals surface area contributed by atoms with Gasteiger partial charge in [0.1, 0.15) is 0 Å². The van der Waals surface area contributed by atoms with Crippen molar-refractivity contribution >= 4 is 0 Å². The molecule has 2 aromatic rings. The Labute approximate surface area is 169 Å². The van der Waals surface area contributed by atoms with Crippen molar-refractivity contribution < 1.29 is 0 Å². The molecule has 0 spiro atoms. The van der Waals surface area contributed by atoms with Crippen molar-refractivity contribution in [1.29, 1.82) is 0 Å². The summed E-state index contributed by atoms with van der Waals surface area (Å²) in [6, 6.07) is 16.5. The highest BCUT2D eigenvalue weighted by Gasteiger charge is 2.35. The predicted molar refractivity (Wildman–Crippen MR) is 114 cm³/mol. The van der Waals surface area contributed by atoms with Crippen molar-refractivity contribution in [2.45, 2.75) is 57.0 Å². The first-order chi connectivity index (χ1) is 13.8. The Hall–Kier alpha value is -1.71. The zero-order valence-electron chi connectivity index (χ0n) is 17.0. The highest BCUT2D eigenvalue weighted by Crippen LogP contribution is 2.44. The lowest BCUT2D eigenvalue weighted by molar-refractivity contribution is 0.147. The highest BCUT2D eigenvalue weighted by molar-refractivity contribution is 5.27. The van der Waals surface area contributed by atoms with Crippen LogP contribution in [0.3, 0.4) is 0 Å². The molecule has 0 N–H and O–H groups in total. The van der Waals surface area contributed by atoms with E-state index in [9.17, 15) is 0 Å². The van der Waals surface area contributed by atoms with Crippen molar-refractivity contribution in [3.05, 3.63) is 65.5 Å². The van der Waals surface area contributed by atoms with Gasteiger partial charge in [0.05, 0.1) is 11.7 Å². The van der Waals surface area contributed by atoms with Crippen molar-refractivity contribution in [3.8, 4) is 0 Å². The second-order valence-corrected chi connectivity index (χ2v) is 9.17. The molecule has 2 saturated heterocycles. The molecule has 2 aliphatic heterocycles. The molecule has 3 heteroatoms. The summed E-state index contributed by atoms with van der Waals surface area (Å²) in [5.41, 5.74) is 4.31. The van der Waals surface area contributed by atoms with Crippen LogP contribution in [0.15, 0.2) is 48.7 Å². The fourth-order valence-corrected chi connectivity index (χ4v) is 5.54. The molecule has 3 heterocycles. The van der Waals surface area contributed by atoms with Crippen molar-refractivity contribution in [1.82, 2.24) is 14.8 Å². The van der Waals surface area contributed by atoms with Gasteiger partial charge in [0.25, 0.3) is 0 Å². The van der Waals surface area contributed by atoms with Gasteiger partial charge >= 0.3 is 0 Å². The van der Waals surface area contributed by atoms with Crippen LogP contribution in [-0.2, 0) is 6.54 Å². The zero-order chi connectivity index (χ0) is 18.8. The molecule has 1 aromatic carbocycles. The number of benzene rings is 1. The van der Waals surface area contributed by atoms with Gasteiger partial charge in [0.2, 0.25) is 0 Å². The van der Waals surface area contributed by atoms with E-state index in [2.05, 4.69) is 51.2 Å². The quantitative estimate of drug-likeness (QED) is 0.708. The summed E-state index contributed by atoms with van der Waals surface area (Å²) in [7, 11) is 0.